The van der Waals surface area contributed by atoms with Crippen LogP contribution in [-0.2, 0) is 5.41 Å². The van der Waals surface area contributed by atoms with Crippen LogP contribution in [0.5, 0.6) is 0 Å². The molecule has 4 rings (SSSR count). The van der Waals surface area contributed by atoms with Crippen LogP contribution >= 0.6 is 15.9 Å². The third-order valence-electron chi connectivity index (χ3n) is 5.42. The molecule has 1 atom stereocenters. The SMILES string of the molecule is Cc1c2n(c3ccccc13)C(=O)[C@](C)(CC(C)(C)O)c1cc(Br)ccc1-2. The molecular formula is C22H22BrNO2. The third kappa shape index (κ3) is 2.39. The van der Waals surface area contributed by atoms with Crippen molar-refractivity contribution in [1.82, 2.24) is 4.57 Å². The molecule has 0 unspecified atom stereocenters. The highest BCUT2D eigenvalue weighted by Gasteiger charge is 2.46. The van der Waals surface area contributed by atoms with Gasteiger partial charge in [-0.15, -0.1) is 0 Å². The zero-order valence-electron chi connectivity index (χ0n) is 15.4. The highest BCUT2D eigenvalue weighted by atomic mass is 79.9. The van der Waals surface area contributed by atoms with Crippen molar-refractivity contribution in [2.45, 2.75) is 45.1 Å². The molecule has 0 saturated carbocycles. The monoisotopic (exact) mass is 411 g/mol. The zero-order chi connectivity index (χ0) is 18.9. The maximum atomic E-state index is 13.8. The molecule has 2 aromatic carbocycles. The van der Waals surface area contributed by atoms with Crippen LogP contribution in [-0.4, -0.2) is 21.2 Å². The number of hydrogen-bond donors (Lipinski definition) is 1. The molecule has 4 heteroatoms. The number of rotatable bonds is 2. The molecule has 3 nitrogen and oxygen atoms in total. The molecular weight excluding hydrogens is 390 g/mol. The molecule has 0 aliphatic carbocycles. The van der Waals surface area contributed by atoms with Crippen LogP contribution in [0.2, 0.25) is 0 Å². The number of carbonyl (C=O) groups excluding carboxylic acids is 1. The molecule has 1 aliphatic rings. The van der Waals surface area contributed by atoms with E-state index in [0.717, 1.165) is 37.8 Å². The quantitative estimate of drug-likeness (QED) is 0.608. The lowest BCUT2D eigenvalue weighted by molar-refractivity contribution is 0.0378. The predicted molar refractivity (Wildman–Crippen MR) is 109 cm³/mol. The van der Waals surface area contributed by atoms with Gasteiger partial charge in [0.25, 0.3) is 0 Å². The second-order valence-corrected chi connectivity index (χ2v) is 9.06. The molecule has 2 heterocycles. The molecule has 0 radical (unpaired) electrons. The van der Waals surface area contributed by atoms with Gasteiger partial charge < -0.3 is 5.11 Å². The van der Waals surface area contributed by atoms with Gasteiger partial charge in [-0.05, 0) is 63.4 Å². The summed E-state index contributed by atoms with van der Waals surface area (Å²) >= 11 is 3.55. The summed E-state index contributed by atoms with van der Waals surface area (Å²) in [6, 6.07) is 14.1. The van der Waals surface area contributed by atoms with Gasteiger partial charge in [-0.3, -0.25) is 9.36 Å². The second kappa shape index (κ2) is 5.54. The summed E-state index contributed by atoms with van der Waals surface area (Å²) in [4.78, 5) is 13.8. The minimum atomic E-state index is -0.959. The van der Waals surface area contributed by atoms with Crippen LogP contribution in [0.3, 0.4) is 0 Å². The fourth-order valence-electron chi connectivity index (χ4n) is 4.51. The van der Waals surface area contributed by atoms with Crippen molar-refractivity contribution >= 4 is 32.7 Å². The largest absolute Gasteiger partial charge is 0.390 e. The number of aromatic nitrogens is 1. The van der Waals surface area contributed by atoms with Gasteiger partial charge in [0.05, 0.1) is 22.2 Å². The van der Waals surface area contributed by atoms with Gasteiger partial charge >= 0.3 is 0 Å². The minimum absolute atomic E-state index is 0.0181. The average molecular weight is 412 g/mol. The Balaban J connectivity index is 2.13. The van der Waals surface area contributed by atoms with E-state index in [0.29, 0.717) is 6.42 Å². The summed E-state index contributed by atoms with van der Waals surface area (Å²) in [6.45, 7) is 7.55. The van der Waals surface area contributed by atoms with Crippen LogP contribution in [0.25, 0.3) is 22.2 Å². The Bertz CT molecular complexity index is 1060. The Morgan fingerprint density at radius 1 is 1.19 bits per heavy atom. The highest BCUT2D eigenvalue weighted by Crippen LogP contribution is 2.48. The second-order valence-electron chi connectivity index (χ2n) is 8.14. The first-order chi connectivity index (χ1) is 12.1. The van der Waals surface area contributed by atoms with E-state index >= 15 is 0 Å². The number of fused-ring (bicyclic) bond motifs is 5. The molecule has 1 aliphatic heterocycles. The van der Waals surface area contributed by atoms with Crippen LogP contribution in [0.15, 0.2) is 46.9 Å². The topological polar surface area (TPSA) is 42.2 Å². The minimum Gasteiger partial charge on any atom is -0.390 e. The molecule has 0 amide bonds. The van der Waals surface area contributed by atoms with Gasteiger partial charge in [-0.25, -0.2) is 0 Å². The Morgan fingerprint density at radius 2 is 1.88 bits per heavy atom. The van der Waals surface area contributed by atoms with Crippen LogP contribution in [0.1, 0.15) is 43.1 Å². The Morgan fingerprint density at radius 3 is 2.58 bits per heavy atom. The summed E-state index contributed by atoms with van der Waals surface area (Å²) in [7, 11) is 0. The third-order valence-corrected chi connectivity index (χ3v) is 5.91. The van der Waals surface area contributed by atoms with Gasteiger partial charge in [-0.1, -0.05) is 40.2 Å². The number of aryl methyl sites for hydroxylation is 1. The van der Waals surface area contributed by atoms with E-state index in [1.807, 2.05) is 41.8 Å². The molecule has 26 heavy (non-hydrogen) atoms. The van der Waals surface area contributed by atoms with E-state index < -0.39 is 11.0 Å². The molecule has 134 valence electrons. The van der Waals surface area contributed by atoms with Gasteiger partial charge in [-0.2, -0.15) is 0 Å². The van der Waals surface area contributed by atoms with Crippen LogP contribution < -0.4 is 0 Å². The van der Waals surface area contributed by atoms with Crippen LogP contribution in [0, 0.1) is 6.92 Å². The summed E-state index contributed by atoms with van der Waals surface area (Å²) in [5.41, 5.74) is 3.28. The van der Waals surface area contributed by atoms with Gasteiger partial charge in [0.1, 0.15) is 0 Å². The standard InChI is InChI=1S/C22H22BrNO2/c1-13-15-7-5-6-8-18(15)24-19(13)16-10-9-14(23)11-17(16)22(4,20(24)25)12-21(2,3)26/h5-11,26H,12H2,1-4H3/t22-/m1/s1. The molecule has 3 aromatic rings. The average Bonchev–Trinajstić information content (AvgIpc) is 2.85. The van der Waals surface area contributed by atoms with E-state index in [2.05, 4.69) is 35.0 Å². The Kier molecular flexibility index (Phi) is 3.73. The van der Waals surface area contributed by atoms with Crippen molar-refractivity contribution in [1.29, 1.82) is 0 Å². The van der Waals surface area contributed by atoms with Crippen molar-refractivity contribution in [3.8, 4) is 11.3 Å². The zero-order valence-corrected chi connectivity index (χ0v) is 17.0. The van der Waals surface area contributed by atoms with E-state index in [1.165, 1.54) is 0 Å². The van der Waals surface area contributed by atoms with Crippen molar-refractivity contribution in [2.75, 3.05) is 0 Å². The molecule has 0 fully saturated rings. The first-order valence-electron chi connectivity index (χ1n) is 8.81. The number of nitrogens with zero attached hydrogens (tertiary/aromatic N) is 1. The lowest BCUT2D eigenvalue weighted by Gasteiger charge is -2.39. The molecule has 1 N–H and O–H groups in total. The fraction of sp³-hybridized carbons (Fsp3) is 0.318. The number of benzene rings is 2. The number of hydrogen-bond acceptors (Lipinski definition) is 2. The number of aliphatic hydroxyl groups is 1. The normalized spacial score (nSPS) is 19.5. The number of para-hydroxylation sites is 1. The summed E-state index contributed by atoms with van der Waals surface area (Å²) < 4.78 is 2.79. The van der Waals surface area contributed by atoms with E-state index in [1.54, 1.807) is 13.8 Å². The lowest BCUT2D eigenvalue weighted by Crippen LogP contribution is -2.45. The van der Waals surface area contributed by atoms with Crippen molar-refractivity contribution in [3.63, 3.8) is 0 Å². The lowest BCUT2D eigenvalue weighted by atomic mass is 9.70. The van der Waals surface area contributed by atoms with Crippen molar-refractivity contribution < 1.29 is 9.90 Å². The maximum Gasteiger partial charge on any atom is 0.242 e. The summed E-state index contributed by atoms with van der Waals surface area (Å²) in [5.74, 6) is 0.0181. The molecule has 0 spiro atoms. The Labute approximate surface area is 161 Å². The first-order valence-corrected chi connectivity index (χ1v) is 9.60. The fourth-order valence-corrected chi connectivity index (χ4v) is 4.87. The predicted octanol–water partition coefficient (Wildman–Crippen LogP) is 5.45. The maximum absolute atomic E-state index is 13.8. The first kappa shape index (κ1) is 17.5. The van der Waals surface area contributed by atoms with E-state index in [9.17, 15) is 9.90 Å². The molecule has 1 aromatic heterocycles. The van der Waals surface area contributed by atoms with Crippen molar-refractivity contribution in [2.24, 2.45) is 0 Å². The van der Waals surface area contributed by atoms with Gasteiger partial charge in [0.2, 0.25) is 5.91 Å². The van der Waals surface area contributed by atoms with Gasteiger partial charge in [0, 0.05) is 15.4 Å². The van der Waals surface area contributed by atoms with E-state index in [4.69, 9.17) is 0 Å². The summed E-state index contributed by atoms with van der Waals surface area (Å²) in [6.07, 6.45) is 0.354. The number of halogens is 1. The molecule has 0 bridgehead atoms. The highest BCUT2D eigenvalue weighted by molar-refractivity contribution is 9.10. The summed E-state index contributed by atoms with van der Waals surface area (Å²) in [5, 5.41) is 11.6. The van der Waals surface area contributed by atoms with Crippen LogP contribution in [0.4, 0.5) is 0 Å². The smallest absolute Gasteiger partial charge is 0.242 e. The molecule has 0 saturated heterocycles. The number of carbonyl (C=O) groups is 1. The van der Waals surface area contributed by atoms with Gasteiger partial charge in [0.15, 0.2) is 0 Å². The Hall–Kier alpha value is -1.91. The van der Waals surface area contributed by atoms with Crippen molar-refractivity contribution in [3.05, 3.63) is 58.1 Å². The van der Waals surface area contributed by atoms with E-state index in [-0.39, 0.29) is 5.91 Å².